The van der Waals surface area contributed by atoms with Crippen LogP contribution in [0.3, 0.4) is 0 Å². The van der Waals surface area contributed by atoms with Gasteiger partial charge in [0.1, 0.15) is 5.75 Å². The van der Waals surface area contributed by atoms with E-state index >= 15 is 0 Å². The van der Waals surface area contributed by atoms with E-state index in [4.69, 9.17) is 4.74 Å². The van der Waals surface area contributed by atoms with Crippen LogP contribution in [0.2, 0.25) is 0 Å². The van der Waals surface area contributed by atoms with E-state index in [1.807, 2.05) is 51.1 Å². The first-order valence-corrected chi connectivity index (χ1v) is 11.8. The van der Waals surface area contributed by atoms with E-state index < -0.39 is 10.0 Å². The van der Waals surface area contributed by atoms with Crippen LogP contribution in [-0.4, -0.2) is 37.9 Å². The van der Waals surface area contributed by atoms with Crippen molar-refractivity contribution in [2.45, 2.75) is 33.2 Å². The van der Waals surface area contributed by atoms with E-state index in [2.05, 4.69) is 9.82 Å². The molecule has 0 radical (unpaired) electrons. The molecule has 160 valence electrons. The van der Waals surface area contributed by atoms with Crippen LogP contribution in [0.4, 0.5) is 5.69 Å². The Hall–Kier alpha value is -2.87. The van der Waals surface area contributed by atoms with Gasteiger partial charge in [-0.15, -0.1) is 0 Å². The van der Waals surface area contributed by atoms with Crippen molar-refractivity contribution >= 4 is 27.3 Å². The number of ether oxygens (including phenoxy) is 1. The summed E-state index contributed by atoms with van der Waals surface area (Å²) >= 11 is 0. The first-order chi connectivity index (χ1) is 14.2. The van der Waals surface area contributed by atoms with E-state index in [1.165, 1.54) is 0 Å². The van der Waals surface area contributed by atoms with Crippen molar-refractivity contribution in [2.75, 3.05) is 17.6 Å². The highest BCUT2D eigenvalue weighted by atomic mass is 32.2. The zero-order chi connectivity index (χ0) is 21.9. The molecule has 1 aliphatic rings. The topological polar surface area (TPSA) is 88.1 Å². The van der Waals surface area contributed by atoms with E-state index in [9.17, 15) is 13.2 Å². The summed E-state index contributed by atoms with van der Waals surface area (Å²) in [6.45, 7) is 6.18. The molecular weight excluding hydrogens is 402 g/mol. The number of hydrogen-bond donors (Lipinski definition) is 1. The molecule has 0 saturated heterocycles. The molecule has 3 rings (SSSR count). The van der Waals surface area contributed by atoms with Gasteiger partial charge in [-0.05, 0) is 42.3 Å². The lowest BCUT2D eigenvalue weighted by Crippen LogP contribution is -2.30. The van der Waals surface area contributed by atoms with E-state index in [-0.39, 0.29) is 17.9 Å². The lowest BCUT2D eigenvalue weighted by atomic mass is 9.97. The standard InChI is InChI=1S/C22H27N3O4S/c1-5-29-19-11-7-9-17(13-19)21-14-20(23-25(21)22(26)15(2)3)16-8-6-10-18(12-16)24-30(4,27)28/h6-13,15,21,24H,5,14H2,1-4H3/t21-/m1/s1. The molecule has 2 aromatic carbocycles. The number of hydrogen-bond acceptors (Lipinski definition) is 5. The van der Waals surface area contributed by atoms with Crippen molar-refractivity contribution in [3.8, 4) is 5.75 Å². The molecule has 1 aliphatic heterocycles. The maximum Gasteiger partial charge on any atom is 0.245 e. The van der Waals surface area contributed by atoms with Crippen LogP contribution in [0.1, 0.15) is 44.4 Å². The number of sulfonamides is 1. The van der Waals surface area contributed by atoms with Crippen LogP contribution in [0.25, 0.3) is 0 Å². The van der Waals surface area contributed by atoms with Crippen molar-refractivity contribution in [1.82, 2.24) is 5.01 Å². The maximum absolute atomic E-state index is 12.9. The Labute approximate surface area is 177 Å². The summed E-state index contributed by atoms with van der Waals surface area (Å²) in [7, 11) is -3.39. The molecule has 0 saturated carbocycles. The molecule has 1 atom stereocenters. The van der Waals surface area contributed by atoms with Gasteiger partial charge < -0.3 is 4.74 Å². The minimum atomic E-state index is -3.39. The third kappa shape index (κ3) is 5.18. The van der Waals surface area contributed by atoms with Crippen LogP contribution in [-0.2, 0) is 14.8 Å². The molecule has 30 heavy (non-hydrogen) atoms. The Balaban J connectivity index is 1.96. The SMILES string of the molecule is CCOc1cccc([C@H]2CC(c3cccc(NS(C)(=O)=O)c3)=NN2C(=O)C(C)C)c1. The van der Waals surface area contributed by atoms with Gasteiger partial charge >= 0.3 is 0 Å². The number of carbonyl (C=O) groups excluding carboxylic acids is 1. The lowest BCUT2D eigenvalue weighted by molar-refractivity contribution is -0.136. The van der Waals surface area contributed by atoms with Crippen molar-refractivity contribution in [3.05, 3.63) is 59.7 Å². The third-order valence-electron chi connectivity index (χ3n) is 4.68. The van der Waals surface area contributed by atoms with Gasteiger partial charge in [0, 0.05) is 18.0 Å². The zero-order valence-electron chi connectivity index (χ0n) is 17.6. The first-order valence-electron chi connectivity index (χ1n) is 9.89. The number of amides is 1. The van der Waals surface area contributed by atoms with E-state index in [0.29, 0.717) is 18.7 Å². The Kier molecular flexibility index (Phi) is 6.45. The van der Waals surface area contributed by atoms with Gasteiger partial charge in [-0.25, -0.2) is 13.4 Å². The Morgan fingerprint density at radius 1 is 1.23 bits per heavy atom. The van der Waals surface area contributed by atoms with Crippen molar-refractivity contribution < 1.29 is 17.9 Å². The van der Waals surface area contributed by atoms with Crippen LogP contribution in [0.5, 0.6) is 5.75 Å². The Morgan fingerprint density at radius 2 is 1.97 bits per heavy atom. The van der Waals surface area contributed by atoms with Gasteiger partial charge in [0.15, 0.2) is 0 Å². The predicted molar refractivity (Wildman–Crippen MR) is 118 cm³/mol. The molecule has 2 aromatic rings. The van der Waals surface area contributed by atoms with Gasteiger partial charge in [0.05, 0.1) is 24.6 Å². The number of nitrogens with one attached hydrogen (secondary N) is 1. The first kappa shape index (κ1) is 21.8. The summed E-state index contributed by atoms with van der Waals surface area (Å²) in [5.41, 5.74) is 2.90. The predicted octanol–water partition coefficient (Wildman–Crippen LogP) is 3.79. The highest BCUT2D eigenvalue weighted by molar-refractivity contribution is 7.92. The van der Waals surface area contributed by atoms with Crippen LogP contribution >= 0.6 is 0 Å². The monoisotopic (exact) mass is 429 g/mol. The maximum atomic E-state index is 12.9. The summed E-state index contributed by atoms with van der Waals surface area (Å²) in [4.78, 5) is 12.9. The van der Waals surface area contributed by atoms with Crippen molar-refractivity contribution in [3.63, 3.8) is 0 Å². The average molecular weight is 430 g/mol. The fraction of sp³-hybridized carbons (Fsp3) is 0.364. The summed E-state index contributed by atoms with van der Waals surface area (Å²) in [5, 5.41) is 6.18. The highest BCUT2D eigenvalue weighted by Crippen LogP contribution is 2.35. The molecule has 1 heterocycles. The molecule has 1 N–H and O–H groups in total. The number of anilines is 1. The van der Waals surface area contributed by atoms with Gasteiger partial charge in [0.25, 0.3) is 0 Å². The van der Waals surface area contributed by atoms with Crippen molar-refractivity contribution in [2.24, 2.45) is 11.0 Å². The summed E-state index contributed by atoms with van der Waals surface area (Å²) in [6, 6.07) is 14.5. The van der Waals surface area contributed by atoms with E-state index in [0.717, 1.165) is 28.8 Å². The Morgan fingerprint density at radius 3 is 2.63 bits per heavy atom. The van der Waals surface area contributed by atoms with E-state index in [1.54, 1.807) is 23.2 Å². The molecule has 0 unspecified atom stereocenters. The minimum Gasteiger partial charge on any atom is -0.494 e. The number of hydrazone groups is 1. The molecule has 0 fully saturated rings. The fourth-order valence-electron chi connectivity index (χ4n) is 3.37. The van der Waals surface area contributed by atoms with Gasteiger partial charge in [-0.1, -0.05) is 38.1 Å². The molecule has 0 spiro atoms. The molecule has 8 heteroatoms. The average Bonchev–Trinajstić information content (AvgIpc) is 3.12. The van der Waals surface area contributed by atoms with Crippen LogP contribution in [0, 0.1) is 5.92 Å². The molecule has 0 bridgehead atoms. The second-order valence-corrected chi connectivity index (χ2v) is 9.31. The zero-order valence-corrected chi connectivity index (χ0v) is 18.4. The molecular formula is C22H27N3O4S. The summed E-state index contributed by atoms with van der Waals surface area (Å²) < 4.78 is 31.2. The highest BCUT2D eigenvalue weighted by Gasteiger charge is 2.34. The van der Waals surface area contributed by atoms with Gasteiger partial charge in [-0.3, -0.25) is 9.52 Å². The largest absolute Gasteiger partial charge is 0.494 e. The normalized spacial score (nSPS) is 16.5. The smallest absolute Gasteiger partial charge is 0.245 e. The molecule has 1 amide bonds. The minimum absolute atomic E-state index is 0.0674. The number of nitrogens with zero attached hydrogens (tertiary/aromatic N) is 2. The lowest BCUT2D eigenvalue weighted by Gasteiger charge is -2.24. The fourth-order valence-corrected chi connectivity index (χ4v) is 3.92. The number of carbonyl (C=O) groups is 1. The molecule has 7 nitrogen and oxygen atoms in total. The van der Waals surface area contributed by atoms with Gasteiger partial charge in [-0.2, -0.15) is 5.10 Å². The number of rotatable bonds is 7. The second-order valence-electron chi connectivity index (χ2n) is 7.56. The second kappa shape index (κ2) is 8.87. The quantitative estimate of drug-likeness (QED) is 0.725. The molecule has 0 aliphatic carbocycles. The van der Waals surface area contributed by atoms with Gasteiger partial charge in [0.2, 0.25) is 15.9 Å². The number of benzene rings is 2. The summed E-state index contributed by atoms with van der Waals surface area (Å²) in [5.74, 6) is 0.478. The Bertz CT molecular complexity index is 1060. The molecule has 0 aromatic heterocycles. The van der Waals surface area contributed by atoms with Crippen LogP contribution in [0.15, 0.2) is 53.6 Å². The van der Waals surface area contributed by atoms with Crippen molar-refractivity contribution in [1.29, 1.82) is 0 Å². The van der Waals surface area contributed by atoms with Crippen LogP contribution < -0.4 is 9.46 Å². The third-order valence-corrected chi connectivity index (χ3v) is 5.29. The summed E-state index contributed by atoms with van der Waals surface area (Å²) in [6.07, 6.45) is 1.63.